The molecule has 19 heavy (non-hydrogen) atoms. The number of hydrogen-bond acceptors (Lipinski definition) is 2. The second-order valence-electron chi connectivity index (χ2n) is 4.40. The van der Waals surface area contributed by atoms with E-state index in [4.69, 9.17) is 0 Å². The van der Waals surface area contributed by atoms with Crippen LogP contribution in [0, 0.1) is 6.92 Å². The van der Waals surface area contributed by atoms with E-state index in [1.807, 2.05) is 36.6 Å². The molecule has 0 atom stereocenters. The predicted octanol–water partition coefficient (Wildman–Crippen LogP) is 4.66. The van der Waals surface area contributed by atoms with Gasteiger partial charge in [0, 0.05) is 21.1 Å². The molecular weight excluding hydrogens is 322 g/mol. The molecule has 0 saturated carbocycles. The summed E-state index contributed by atoms with van der Waals surface area (Å²) in [4.78, 5) is 13.1. The van der Waals surface area contributed by atoms with Crippen LogP contribution < -0.4 is 0 Å². The number of benzene rings is 1. The van der Waals surface area contributed by atoms with Crippen molar-refractivity contribution in [3.05, 3.63) is 56.8 Å². The minimum Gasteiger partial charge on any atom is -0.336 e. The molecule has 4 heteroatoms. The van der Waals surface area contributed by atoms with Crippen LogP contribution in [0.5, 0.6) is 0 Å². The number of hydrogen-bond donors (Lipinski definition) is 0. The van der Waals surface area contributed by atoms with Crippen molar-refractivity contribution < 1.29 is 4.79 Å². The smallest absolute Gasteiger partial charge is 0.192 e. The minimum absolute atomic E-state index is 0.159. The van der Waals surface area contributed by atoms with Crippen LogP contribution in [0.1, 0.15) is 15.4 Å². The van der Waals surface area contributed by atoms with Crippen molar-refractivity contribution >= 4 is 44.0 Å². The highest BCUT2D eigenvalue weighted by molar-refractivity contribution is 9.10. The first-order valence-corrected chi connectivity index (χ1v) is 7.66. The van der Waals surface area contributed by atoms with E-state index in [0.29, 0.717) is 6.54 Å². The fourth-order valence-corrected chi connectivity index (χ4v) is 3.46. The van der Waals surface area contributed by atoms with Crippen molar-refractivity contribution in [2.24, 2.45) is 0 Å². The van der Waals surface area contributed by atoms with Gasteiger partial charge in [-0.2, -0.15) is 0 Å². The van der Waals surface area contributed by atoms with Crippen LogP contribution in [-0.4, -0.2) is 10.4 Å². The Hall–Kier alpha value is -1.39. The number of carbonyl (C=O) groups is 1. The van der Waals surface area contributed by atoms with E-state index in [-0.39, 0.29) is 5.78 Å². The van der Waals surface area contributed by atoms with Crippen molar-refractivity contribution in [2.45, 2.75) is 13.5 Å². The van der Waals surface area contributed by atoms with Crippen molar-refractivity contribution in [1.29, 1.82) is 0 Å². The molecule has 0 radical (unpaired) electrons. The predicted molar refractivity (Wildman–Crippen MR) is 83.0 cm³/mol. The molecule has 0 amide bonds. The van der Waals surface area contributed by atoms with Gasteiger partial charge in [-0.1, -0.05) is 24.3 Å². The standard InChI is InChI=1S/C15H12BrNOS/c1-10-15(16)11-5-2-3-6-12(11)17(10)9-13(18)14-7-4-8-19-14/h2-8H,9H2,1H3. The summed E-state index contributed by atoms with van der Waals surface area (Å²) >= 11 is 5.10. The van der Waals surface area contributed by atoms with Crippen LogP contribution in [0.15, 0.2) is 46.3 Å². The summed E-state index contributed by atoms with van der Waals surface area (Å²) in [6.45, 7) is 2.42. The highest BCUT2D eigenvalue weighted by Crippen LogP contribution is 2.30. The summed E-state index contributed by atoms with van der Waals surface area (Å²) in [5, 5.41) is 3.09. The highest BCUT2D eigenvalue weighted by Gasteiger charge is 2.15. The molecule has 96 valence electrons. The van der Waals surface area contributed by atoms with Crippen LogP contribution in [0.2, 0.25) is 0 Å². The van der Waals surface area contributed by atoms with E-state index in [0.717, 1.165) is 25.9 Å². The van der Waals surface area contributed by atoms with E-state index < -0.39 is 0 Å². The van der Waals surface area contributed by atoms with E-state index >= 15 is 0 Å². The number of aromatic nitrogens is 1. The van der Waals surface area contributed by atoms with Gasteiger partial charge >= 0.3 is 0 Å². The number of halogens is 1. The molecule has 0 saturated heterocycles. The van der Waals surface area contributed by atoms with E-state index in [1.54, 1.807) is 0 Å². The van der Waals surface area contributed by atoms with Gasteiger partial charge < -0.3 is 4.57 Å². The van der Waals surface area contributed by atoms with Gasteiger partial charge in [0.25, 0.3) is 0 Å². The molecule has 2 heterocycles. The average Bonchev–Trinajstić information content (AvgIpc) is 3.03. The number of Topliss-reactive ketones (excluding diaryl/α,β-unsaturated/α-hetero) is 1. The number of nitrogens with zero attached hydrogens (tertiary/aromatic N) is 1. The lowest BCUT2D eigenvalue weighted by Gasteiger charge is -2.06. The second kappa shape index (κ2) is 4.94. The minimum atomic E-state index is 0.159. The molecule has 0 spiro atoms. The molecule has 0 bridgehead atoms. The average molecular weight is 334 g/mol. The molecule has 2 nitrogen and oxygen atoms in total. The molecule has 2 aromatic heterocycles. The molecule has 0 unspecified atom stereocenters. The summed E-state index contributed by atoms with van der Waals surface area (Å²) in [6.07, 6.45) is 0. The van der Waals surface area contributed by atoms with Crippen molar-refractivity contribution in [3.8, 4) is 0 Å². The summed E-state index contributed by atoms with van der Waals surface area (Å²) in [5.74, 6) is 0.159. The summed E-state index contributed by atoms with van der Waals surface area (Å²) in [6, 6.07) is 11.9. The van der Waals surface area contributed by atoms with Crippen LogP contribution in [0.4, 0.5) is 0 Å². The fraction of sp³-hybridized carbons (Fsp3) is 0.133. The molecule has 1 aromatic carbocycles. The Kier molecular flexibility index (Phi) is 3.29. The number of rotatable bonds is 3. The van der Waals surface area contributed by atoms with Gasteiger partial charge in [-0.3, -0.25) is 4.79 Å². The fourth-order valence-electron chi connectivity index (χ4n) is 2.25. The number of ketones is 1. The van der Waals surface area contributed by atoms with Crippen molar-refractivity contribution in [1.82, 2.24) is 4.57 Å². The zero-order valence-electron chi connectivity index (χ0n) is 10.4. The Morgan fingerprint density at radius 1 is 1.26 bits per heavy atom. The Bertz CT molecular complexity index is 743. The number of thiophene rings is 1. The van der Waals surface area contributed by atoms with Gasteiger partial charge in [-0.05, 0) is 40.4 Å². The third kappa shape index (κ3) is 2.15. The van der Waals surface area contributed by atoms with E-state index in [2.05, 4.69) is 32.6 Å². The maximum absolute atomic E-state index is 12.3. The van der Waals surface area contributed by atoms with Gasteiger partial charge in [0.2, 0.25) is 0 Å². The Morgan fingerprint density at radius 2 is 2.05 bits per heavy atom. The summed E-state index contributed by atoms with van der Waals surface area (Å²) in [7, 11) is 0. The summed E-state index contributed by atoms with van der Waals surface area (Å²) in [5.41, 5.74) is 2.18. The van der Waals surface area contributed by atoms with Gasteiger partial charge in [0.1, 0.15) is 0 Å². The molecule has 0 aliphatic heterocycles. The van der Waals surface area contributed by atoms with E-state index in [9.17, 15) is 4.79 Å². The van der Waals surface area contributed by atoms with E-state index in [1.165, 1.54) is 11.3 Å². The lowest BCUT2D eigenvalue weighted by Crippen LogP contribution is -2.10. The number of fused-ring (bicyclic) bond motifs is 1. The highest BCUT2D eigenvalue weighted by atomic mass is 79.9. The SMILES string of the molecule is Cc1c(Br)c2ccccc2n1CC(=O)c1cccs1. The largest absolute Gasteiger partial charge is 0.336 e. The number of para-hydroxylation sites is 1. The van der Waals surface area contributed by atoms with Crippen LogP contribution in [0.3, 0.4) is 0 Å². The zero-order chi connectivity index (χ0) is 13.4. The molecule has 0 fully saturated rings. The lowest BCUT2D eigenvalue weighted by atomic mass is 10.2. The first-order chi connectivity index (χ1) is 9.18. The Morgan fingerprint density at radius 3 is 2.79 bits per heavy atom. The molecular formula is C15H12BrNOS. The van der Waals surface area contributed by atoms with Crippen molar-refractivity contribution in [2.75, 3.05) is 0 Å². The van der Waals surface area contributed by atoms with Crippen LogP contribution >= 0.6 is 27.3 Å². The molecule has 3 rings (SSSR count). The zero-order valence-corrected chi connectivity index (χ0v) is 12.8. The second-order valence-corrected chi connectivity index (χ2v) is 6.14. The quantitative estimate of drug-likeness (QED) is 0.639. The van der Waals surface area contributed by atoms with Gasteiger partial charge in [-0.25, -0.2) is 0 Å². The topological polar surface area (TPSA) is 22.0 Å². The maximum atomic E-state index is 12.3. The van der Waals surface area contributed by atoms with Gasteiger partial charge in [0.15, 0.2) is 5.78 Å². The normalized spacial score (nSPS) is 11.1. The Balaban J connectivity index is 2.06. The lowest BCUT2D eigenvalue weighted by molar-refractivity contribution is 0.0977. The first-order valence-electron chi connectivity index (χ1n) is 5.98. The first kappa shape index (κ1) is 12.6. The van der Waals surface area contributed by atoms with Crippen LogP contribution in [0.25, 0.3) is 10.9 Å². The molecule has 0 N–H and O–H groups in total. The third-order valence-corrected chi connectivity index (χ3v) is 5.16. The van der Waals surface area contributed by atoms with Gasteiger partial charge in [0.05, 0.1) is 11.4 Å². The monoisotopic (exact) mass is 333 g/mol. The molecule has 0 aliphatic carbocycles. The van der Waals surface area contributed by atoms with Gasteiger partial charge in [-0.15, -0.1) is 11.3 Å². The third-order valence-electron chi connectivity index (χ3n) is 3.25. The molecule has 0 aliphatic rings. The number of carbonyl (C=O) groups excluding carboxylic acids is 1. The maximum Gasteiger partial charge on any atom is 0.192 e. The van der Waals surface area contributed by atoms with Crippen LogP contribution in [-0.2, 0) is 6.54 Å². The Labute approximate surface area is 123 Å². The summed E-state index contributed by atoms with van der Waals surface area (Å²) < 4.78 is 3.14. The van der Waals surface area contributed by atoms with Crippen molar-refractivity contribution in [3.63, 3.8) is 0 Å². The molecule has 3 aromatic rings.